The first kappa shape index (κ1) is 17.4. The van der Waals surface area contributed by atoms with Crippen LogP contribution in [-0.2, 0) is 14.8 Å². The highest BCUT2D eigenvalue weighted by Crippen LogP contribution is 2.27. The number of methoxy groups -OCH3 is 1. The number of sulfonamides is 1. The molecular formula is C13H20N2O5S. The molecule has 0 saturated heterocycles. The number of aliphatic hydroxyl groups is 1. The predicted molar refractivity (Wildman–Crippen MR) is 78.8 cm³/mol. The van der Waals surface area contributed by atoms with Gasteiger partial charge in [0.05, 0.1) is 24.3 Å². The molecule has 0 aromatic heterocycles. The van der Waals surface area contributed by atoms with Gasteiger partial charge >= 0.3 is 0 Å². The third-order valence-corrected chi connectivity index (χ3v) is 4.35. The average Bonchev–Trinajstić information content (AvgIpc) is 2.44. The molecule has 3 N–H and O–H groups in total. The Hall–Kier alpha value is -1.64. The first-order valence-electron chi connectivity index (χ1n) is 6.42. The minimum Gasteiger partial charge on any atom is -0.495 e. The number of rotatable bonds is 7. The van der Waals surface area contributed by atoms with Crippen LogP contribution in [0.5, 0.6) is 5.75 Å². The predicted octanol–water partition coefficient (Wildman–Crippen LogP) is 0.703. The molecule has 0 saturated carbocycles. The molecule has 1 amide bonds. The number of nitrogens with one attached hydrogen (secondary N) is 2. The van der Waals surface area contributed by atoms with E-state index < -0.39 is 16.1 Å². The normalized spacial score (nSPS) is 12.8. The van der Waals surface area contributed by atoms with Gasteiger partial charge in [0, 0.05) is 13.0 Å². The molecule has 21 heavy (non-hydrogen) atoms. The van der Waals surface area contributed by atoms with Gasteiger partial charge in [-0.05, 0) is 24.6 Å². The van der Waals surface area contributed by atoms with Crippen LogP contribution < -0.4 is 14.8 Å². The van der Waals surface area contributed by atoms with Crippen molar-refractivity contribution in [2.75, 3.05) is 19.0 Å². The minimum atomic E-state index is -3.78. The third kappa shape index (κ3) is 4.69. The fraction of sp³-hybridized carbons (Fsp3) is 0.462. The van der Waals surface area contributed by atoms with E-state index in [9.17, 15) is 13.2 Å². The summed E-state index contributed by atoms with van der Waals surface area (Å²) in [5, 5.41) is 11.6. The molecule has 7 nitrogen and oxygen atoms in total. The number of carbonyl (C=O) groups is 1. The van der Waals surface area contributed by atoms with Crippen molar-refractivity contribution < 1.29 is 23.1 Å². The van der Waals surface area contributed by atoms with E-state index in [-0.39, 0.29) is 23.1 Å². The molecular weight excluding hydrogens is 296 g/mol. The van der Waals surface area contributed by atoms with Gasteiger partial charge in [0.15, 0.2) is 0 Å². The largest absolute Gasteiger partial charge is 0.495 e. The summed E-state index contributed by atoms with van der Waals surface area (Å²) in [6.07, 6.45) is 0.463. The summed E-state index contributed by atoms with van der Waals surface area (Å²) in [6.45, 7) is 2.79. The smallest absolute Gasteiger partial charge is 0.240 e. The lowest BCUT2D eigenvalue weighted by Gasteiger charge is -2.16. The van der Waals surface area contributed by atoms with Crippen LogP contribution in [0.15, 0.2) is 23.1 Å². The number of hydrogen-bond donors (Lipinski definition) is 3. The lowest BCUT2D eigenvalue weighted by molar-refractivity contribution is -0.114. The van der Waals surface area contributed by atoms with Gasteiger partial charge in [-0.3, -0.25) is 4.79 Å². The average molecular weight is 316 g/mol. The van der Waals surface area contributed by atoms with E-state index in [4.69, 9.17) is 9.84 Å². The zero-order valence-corrected chi connectivity index (χ0v) is 13.0. The Balaban J connectivity index is 3.15. The highest BCUT2D eigenvalue weighted by atomic mass is 32.2. The monoisotopic (exact) mass is 316 g/mol. The van der Waals surface area contributed by atoms with Gasteiger partial charge in [-0.2, -0.15) is 0 Å². The van der Waals surface area contributed by atoms with Crippen molar-refractivity contribution in [1.29, 1.82) is 0 Å². The van der Waals surface area contributed by atoms with E-state index >= 15 is 0 Å². The Morgan fingerprint density at radius 1 is 1.43 bits per heavy atom. The Kier molecular flexibility index (Phi) is 6.13. The molecule has 118 valence electrons. The molecule has 1 rings (SSSR count). The van der Waals surface area contributed by atoms with Crippen molar-refractivity contribution >= 4 is 21.6 Å². The van der Waals surface area contributed by atoms with E-state index in [1.54, 1.807) is 6.92 Å². The maximum absolute atomic E-state index is 12.2. The molecule has 0 aliphatic heterocycles. The Morgan fingerprint density at radius 3 is 2.57 bits per heavy atom. The van der Waals surface area contributed by atoms with E-state index in [2.05, 4.69) is 10.0 Å². The van der Waals surface area contributed by atoms with Crippen molar-refractivity contribution in [3.8, 4) is 5.75 Å². The van der Waals surface area contributed by atoms with Crippen molar-refractivity contribution in [3.63, 3.8) is 0 Å². The van der Waals surface area contributed by atoms with E-state index in [0.717, 1.165) is 0 Å². The standard InChI is InChI=1S/C13H20N2O5S/c1-4-10(8-16)15-21(18,19)11-5-6-13(20-3)12(7-11)14-9(2)17/h5-7,10,15-16H,4,8H2,1-3H3,(H,14,17). The Labute approximate surface area is 124 Å². The molecule has 1 atom stereocenters. The van der Waals surface area contributed by atoms with Crippen LogP contribution in [0, 0.1) is 0 Å². The van der Waals surface area contributed by atoms with Gasteiger partial charge in [0.25, 0.3) is 0 Å². The summed E-state index contributed by atoms with van der Waals surface area (Å²) in [7, 11) is -2.36. The SMILES string of the molecule is CCC(CO)NS(=O)(=O)c1ccc(OC)c(NC(C)=O)c1. The van der Waals surface area contributed by atoms with E-state index in [1.807, 2.05) is 0 Å². The summed E-state index contributed by atoms with van der Waals surface area (Å²) in [5.74, 6) is 0.0240. The van der Waals surface area contributed by atoms with E-state index in [0.29, 0.717) is 12.2 Å². The first-order valence-corrected chi connectivity index (χ1v) is 7.91. The molecule has 0 aliphatic rings. The van der Waals surface area contributed by atoms with E-state index in [1.165, 1.54) is 32.2 Å². The zero-order valence-electron chi connectivity index (χ0n) is 12.2. The van der Waals surface area contributed by atoms with Gasteiger partial charge in [0.1, 0.15) is 5.75 Å². The number of ether oxygens (including phenoxy) is 1. The number of amides is 1. The van der Waals surface area contributed by atoms with Crippen LogP contribution in [0.2, 0.25) is 0 Å². The number of anilines is 1. The van der Waals surface area contributed by atoms with Crippen molar-refractivity contribution in [3.05, 3.63) is 18.2 Å². The van der Waals surface area contributed by atoms with Gasteiger partial charge < -0.3 is 15.2 Å². The number of aliphatic hydroxyl groups excluding tert-OH is 1. The van der Waals surface area contributed by atoms with Crippen molar-refractivity contribution in [1.82, 2.24) is 4.72 Å². The lowest BCUT2D eigenvalue weighted by Crippen LogP contribution is -2.36. The second kappa shape index (κ2) is 7.39. The summed E-state index contributed by atoms with van der Waals surface area (Å²) in [4.78, 5) is 11.1. The van der Waals surface area contributed by atoms with Crippen molar-refractivity contribution in [2.24, 2.45) is 0 Å². The third-order valence-electron chi connectivity index (χ3n) is 2.83. The van der Waals surface area contributed by atoms with Crippen LogP contribution in [-0.4, -0.2) is 39.2 Å². The van der Waals surface area contributed by atoms with Crippen LogP contribution in [0.3, 0.4) is 0 Å². The van der Waals surface area contributed by atoms with Gasteiger partial charge in [-0.25, -0.2) is 13.1 Å². The Bertz CT molecular complexity index is 597. The maximum atomic E-state index is 12.2. The molecule has 1 aromatic carbocycles. The molecule has 1 unspecified atom stereocenters. The molecule has 1 aromatic rings. The summed E-state index contributed by atoms with van der Waals surface area (Å²) < 4.78 is 31.9. The van der Waals surface area contributed by atoms with Gasteiger partial charge in [-0.1, -0.05) is 6.92 Å². The molecule has 8 heteroatoms. The second-order valence-corrected chi connectivity index (χ2v) is 6.17. The first-order chi connectivity index (χ1) is 9.83. The van der Waals surface area contributed by atoms with Crippen LogP contribution in [0.1, 0.15) is 20.3 Å². The highest BCUT2D eigenvalue weighted by molar-refractivity contribution is 7.89. The highest BCUT2D eigenvalue weighted by Gasteiger charge is 2.20. The lowest BCUT2D eigenvalue weighted by atomic mass is 10.3. The fourth-order valence-corrected chi connectivity index (χ4v) is 3.02. The fourth-order valence-electron chi connectivity index (χ4n) is 1.68. The zero-order chi connectivity index (χ0) is 16.0. The number of hydrogen-bond acceptors (Lipinski definition) is 5. The van der Waals surface area contributed by atoms with Gasteiger partial charge in [-0.15, -0.1) is 0 Å². The Morgan fingerprint density at radius 2 is 2.10 bits per heavy atom. The molecule has 0 bridgehead atoms. The summed E-state index contributed by atoms with van der Waals surface area (Å²) >= 11 is 0. The minimum absolute atomic E-state index is 0.0149. The van der Waals surface area contributed by atoms with Crippen LogP contribution >= 0.6 is 0 Å². The maximum Gasteiger partial charge on any atom is 0.240 e. The molecule has 0 heterocycles. The number of carbonyl (C=O) groups excluding carboxylic acids is 1. The summed E-state index contributed by atoms with van der Waals surface area (Å²) in [6, 6.07) is 3.59. The quantitative estimate of drug-likeness (QED) is 0.687. The second-order valence-electron chi connectivity index (χ2n) is 4.45. The molecule has 0 fully saturated rings. The van der Waals surface area contributed by atoms with Crippen LogP contribution in [0.4, 0.5) is 5.69 Å². The molecule has 0 radical (unpaired) electrons. The number of benzene rings is 1. The van der Waals surface area contributed by atoms with Crippen LogP contribution in [0.25, 0.3) is 0 Å². The molecule has 0 spiro atoms. The van der Waals surface area contributed by atoms with Crippen molar-refractivity contribution in [2.45, 2.75) is 31.2 Å². The van der Waals surface area contributed by atoms with Gasteiger partial charge in [0.2, 0.25) is 15.9 Å². The summed E-state index contributed by atoms with van der Waals surface area (Å²) in [5.41, 5.74) is 0.268. The molecule has 0 aliphatic carbocycles. The topological polar surface area (TPSA) is 105 Å².